The van der Waals surface area contributed by atoms with Crippen LogP contribution in [-0.2, 0) is 4.79 Å². The van der Waals surface area contributed by atoms with E-state index >= 15 is 0 Å². The highest BCUT2D eigenvalue weighted by atomic mass is 35.5. The van der Waals surface area contributed by atoms with E-state index in [-0.39, 0.29) is 29.6 Å². The van der Waals surface area contributed by atoms with Gasteiger partial charge in [0.2, 0.25) is 5.91 Å². The van der Waals surface area contributed by atoms with Crippen LogP contribution in [0.1, 0.15) is 27.7 Å². The van der Waals surface area contributed by atoms with Crippen molar-refractivity contribution in [3.05, 3.63) is 0 Å². The molecule has 0 heterocycles. The Balaban J connectivity index is 0. The molecule has 0 aliphatic carbocycles. The maximum atomic E-state index is 12.7. The molecule has 0 aromatic carbocycles. The minimum absolute atomic E-state index is 0. The molecule has 0 aliphatic rings. The Morgan fingerprint density at radius 1 is 1.38 bits per heavy atom. The summed E-state index contributed by atoms with van der Waals surface area (Å²) in [5.74, 6) is -3.70. The third-order valence-corrected chi connectivity index (χ3v) is 2.51. The van der Waals surface area contributed by atoms with Gasteiger partial charge in [0.25, 0.3) is 5.92 Å². The first kappa shape index (κ1) is 18.0. The van der Waals surface area contributed by atoms with Crippen molar-refractivity contribution >= 4 is 18.3 Å². The number of rotatable bonds is 4. The lowest BCUT2D eigenvalue weighted by molar-refractivity contribution is -0.129. The molecular weight excluding hydrogens is 238 g/mol. The fourth-order valence-electron chi connectivity index (χ4n) is 0.835. The third kappa shape index (κ3) is 6.23. The standard InChI is InChI=1S/C10H20F2N2O.ClH/c1-7(9(2,3)4)8(15)14-6-10(11,12)5-13;/h7H,5-6,13H2,1-4H3,(H,14,15);1H. The lowest BCUT2D eigenvalue weighted by Gasteiger charge is -2.26. The SMILES string of the molecule is CC(C(=O)NCC(F)(F)CN)C(C)(C)C.Cl. The van der Waals surface area contributed by atoms with Crippen molar-refractivity contribution in [2.75, 3.05) is 13.1 Å². The van der Waals surface area contributed by atoms with Crippen molar-refractivity contribution in [3.63, 3.8) is 0 Å². The first-order chi connectivity index (χ1) is 6.60. The number of hydrogen-bond acceptors (Lipinski definition) is 2. The van der Waals surface area contributed by atoms with Gasteiger partial charge in [0.05, 0.1) is 13.1 Å². The molecule has 0 bridgehead atoms. The second kappa shape index (κ2) is 6.35. The monoisotopic (exact) mass is 258 g/mol. The molecule has 6 heteroatoms. The van der Waals surface area contributed by atoms with E-state index in [2.05, 4.69) is 5.32 Å². The minimum atomic E-state index is -3.02. The molecule has 0 radical (unpaired) electrons. The lowest BCUT2D eigenvalue weighted by atomic mass is 9.81. The van der Waals surface area contributed by atoms with E-state index in [4.69, 9.17) is 5.73 Å². The first-order valence-corrected chi connectivity index (χ1v) is 4.96. The van der Waals surface area contributed by atoms with Gasteiger partial charge in [0.1, 0.15) is 0 Å². The Morgan fingerprint density at radius 3 is 2.12 bits per heavy atom. The molecule has 0 saturated carbocycles. The first-order valence-electron chi connectivity index (χ1n) is 4.96. The quantitative estimate of drug-likeness (QED) is 0.808. The number of amides is 1. The molecule has 0 aromatic rings. The summed E-state index contributed by atoms with van der Waals surface area (Å²) in [5, 5.41) is 2.21. The van der Waals surface area contributed by atoms with E-state index in [1.54, 1.807) is 6.92 Å². The van der Waals surface area contributed by atoms with Crippen molar-refractivity contribution in [1.29, 1.82) is 0 Å². The Kier molecular flexibility index (Phi) is 7.13. The Morgan fingerprint density at radius 2 is 1.81 bits per heavy atom. The number of hydrogen-bond donors (Lipinski definition) is 2. The molecule has 0 aliphatic heterocycles. The minimum Gasteiger partial charge on any atom is -0.350 e. The summed E-state index contributed by atoms with van der Waals surface area (Å²) in [6, 6.07) is 0. The molecule has 16 heavy (non-hydrogen) atoms. The second-order valence-electron chi connectivity index (χ2n) is 4.87. The number of nitrogens with two attached hydrogens (primary N) is 1. The molecule has 98 valence electrons. The van der Waals surface area contributed by atoms with Crippen LogP contribution in [0.2, 0.25) is 0 Å². The number of carbonyl (C=O) groups is 1. The number of halogens is 3. The molecule has 1 unspecified atom stereocenters. The largest absolute Gasteiger partial charge is 0.350 e. The van der Waals surface area contributed by atoms with Crippen LogP contribution in [0.3, 0.4) is 0 Å². The van der Waals surface area contributed by atoms with E-state index in [1.165, 1.54) is 0 Å². The molecule has 1 amide bonds. The summed E-state index contributed by atoms with van der Waals surface area (Å²) in [6.45, 7) is 5.94. The highest BCUT2D eigenvalue weighted by Gasteiger charge is 2.31. The zero-order valence-electron chi connectivity index (χ0n) is 10.1. The molecule has 3 nitrogen and oxygen atoms in total. The van der Waals surface area contributed by atoms with Crippen LogP contribution in [0.15, 0.2) is 0 Å². The van der Waals surface area contributed by atoms with E-state index < -0.39 is 19.0 Å². The molecule has 0 spiro atoms. The normalized spacial score (nSPS) is 13.9. The van der Waals surface area contributed by atoms with E-state index in [1.807, 2.05) is 20.8 Å². The van der Waals surface area contributed by atoms with Crippen LogP contribution in [-0.4, -0.2) is 24.9 Å². The predicted molar refractivity (Wildman–Crippen MR) is 62.9 cm³/mol. The second-order valence-corrected chi connectivity index (χ2v) is 4.87. The highest BCUT2D eigenvalue weighted by molar-refractivity contribution is 5.85. The topological polar surface area (TPSA) is 55.1 Å². The van der Waals surface area contributed by atoms with Crippen molar-refractivity contribution in [3.8, 4) is 0 Å². The van der Waals surface area contributed by atoms with Crippen LogP contribution in [0, 0.1) is 11.3 Å². The van der Waals surface area contributed by atoms with Crippen LogP contribution < -0.4 is 11.1 Å². The Hall–Kier alpha value is -0.420. The Labute approximate surface area is 102 Å². The van der Waals surface area contributed by atoms with Gasteiger partial charge in [-0.25, -0.2) is 8.78 Å². The van der Waals surface area contributed by atoms with E-state index in [9.17, 15) is 13.6 Å². The van der Waals surface area contributed by atoms with Crippen LogP contribution >= 0.6 is 12.4 Å². The van der Waals surface area contributed by atoms with Gasteiger partial charge < -0.3 is 11.1 Å². The molecule has 1 atom stereocenters. The number of nitrogens with one attached hydrogen (secondary N) is 1. The highest BCUT2D eigenvalue weighted by Crippen LogP contribution is 2.25. The van der Waals surface area contributed by atoms with Crippen LogP contribution in [0.5, 0.6) is 0 Å². The van der Waals surface area contributed by atoms with E-state index in [0.29, 0.717) is 0 Å². The van der Waals surface area contributed by atoms with Crippen LogP contribution in [0.25, 0.3) is 0 Å². The van der Waals surface area contributed by atoms with Crippen molar-refractivity contribution in [2.24, 2.45) is 17.1 Å². The van der Waals surface area contributed by atoms with Gasteiger partial charge in [0.15, 0.2) is 0 Å². The molecule has 3 N–H and O–H groups in total. The zero-order valence-corrected chi connectivity index (χ0v) is 11.0. The molecule has 0 rings (SSSR count). The molecular formula is C10H21ClF2N2O. The maximum absolute atomic E-state index is 12.7. The number of alkyl halides is 2. The molecule has 0 aromatic heterocycles. The smallest absolute Gasteiger partial charge is 0.277 e. The van der Waals surface area contributed by atoms with Gasteiger partial charge >= 0.3 is 0 Å². The fourth-order valence-corrected chi connectivity index (χ4v) is 0.835. The summed E-state index contributed by atoms with van der Waals surface area (Å²) in [7, 11) is 0. The summed E-state index contributed by atoms with van der Waals surface area (Å²) in [5.41, 5.74) is 4.62. The van der Waals surface area contributed by atoms with Gasteiger partial charge in [-0.3, -0.25) is 4.79 Å². The van der Waals surface area contributed by atoms with Gasteiger partial charge in [-0.1, -0.05) is 27.7 Å². The molecule has 0 saturated heterocycles. The van der Waals surface area contributed by atoms with Crippen molar-refractivity contribution in [2.45, 2.75) is 33.6 Å². The number of carbonyl (C=O) groups excluding carboxylic acids is 1. The van der Waals surface area contributed by atoms with Gasteiger partial charge in [-0.05, 0) is 5.41 Å². The van der Waals surface area contributed by atoms with Crippen molar-refractivity contribution < 1.29 is 13.6 Å². The van der Waals surface area contributed by atoms with Crippen LogP contribution in [0.4, 0.5) is 8.78 Å². The summed E-state index contributed by atoms with van der Waals surface area (Å²) in [4.78, 5) is 11.5. The van der Waals surface area contributed by atoms with Gasteiger partial charge in [0, 0.05) is 5.92 Å². The van der Waals surface area contributed by atoms with E-state index in [0.717, 1.165) is 0 Å². The fraction of sp³-hybridized carbons (Fsp3) is 0.900. The Bertz CT molecular complexity index is 229. The summed E-state index contributed by atoms with van der Waals surface area (Å²) >= 11 is 0. The lowest BCUT2D eigenvalue weighted by Crippen LogP contribution is -2.45. The average molecular weight is 259 g/mol. The van der Waals surface area contributed by atoms with Crippen molar-refractivity contribution in [1.82, 2.24) is 5.32 Å². The zero-order chi connectivity index (χ0) is 12.3. The predicted octanol–water partition coefficient (Wildman–Crippen LogP) is 1.80. The molecule has 0 fully saturated rings. The van der Waals surface area contributed by atoms with Gasteiger partial charge in [-0.15, -0.1) is 12.4 Å². The maximum Gasteiger partial charge on any atom is 0.277 e. The van der Waals surface area contributed by atoms with Gasteiger partial charge in [-0.2, -0.15) is 0 Å². The summed E-state index contributed by atoms with van der Waals surface area (Å²) in [6.07, 6.45) is 0. The third-order valence-electron chi connectivity index (χ3n) is 2.51. The summed E-state index contributed by atoms with van der Waals surface area (Å²) < 4.78 is 25.5. The average Bonchev–Trinajstić information content (AvgIpc) is 2.11.